The summed E-state index contributed by atoms with van der Waals surface area (Å²) in [4.78, 5) is 20.4. The summed E-state index contributed by atoms with van der Waals surface area (Å²) in [6.07, 6.45) is 5.15. The van der Waals surface area contributed by atoms with Crippen LogP contribution in [0.5, 0.6) is 6.01 Å². The first-order valence-corrected chi connectivity index (χ1v) is 12.8. The van der Waals surface area contributed by atoms with Gasteiger partial charge in [0, 0.05) is 24.2 Å². The van der Waals surface area contributed by atoms with E-state index in [-0.39, 0.29) is 6.01 Å². The fraction of sp³-hybridized carbons (Fsp3) is 0.393. The fourth-order valence-corrected chi connectivity index (χ4v) is 5.83. The number of fused-ring (bicyclic) bond motifs is 4. The zero-order valence-electron chi connectivity index (χ0n) is 21.0. The molecule has 9 heteroatoms. The summed E-state index contributed by atoms with van der Waals surface area (Å²) < 4.78 is 21.6. The molecule has 3 aromatic heterocycles. The van der Waals surface area contributed by atoms with Gasteiger partial charge in [-0.2, -0.15) is 15.2 Å². The summed E-state index contributed by atoms with van der Waals surface area (Å²) in [5, 5.41) is 10.1. The molecule has 6 heterocycles. The number of piperidine rings is 3. The monoisotopic (exact) mass is 497 g/mol. The predicted molar refractivity (Wildman–Crippen MR) is 137 cm³/mol. The number of nitrogens with zero attached hydrogens (tertiary/aromatic N) is 7. The minimum Gasteiger partial charge on any atom is -0.464 e. The van der Waals surface area contributed by atoms with Gasteiger partial charge in [0.1, 0.15) is 17.2 Å². The lowest BCUT2D eigenvalue weighted by Gasteiger charge is -2.45. The van der Waals surface area contributed by atoms with Crippen LogP contribution in [0, 0.1) is 30.0 Å². The summed E-state index contributed by atoms with van der Waals surface area (Å²) in [6, 6.07) is 10.3. The molecular weight excluding hydrogens is 469 g/mol. The Morgan fingerprint density at radius 2 is 1.97 bits per heavy atom. The summed E-state index contributed by atoms with van der Waals surface area (Å²) >= 11 is 0. The summed E-state index contributed by atoms with van der Waals surface area (Å²) in [5.41, 5.74) is 5.23. The second-order valence-corrected chi connectivity index (χ2v) is 9.89. The maximum atomic E-state index is 14.1. The Balaban J connectivity index is 1.44. The summed E-state index contributed by atoms with van der Waals surface area (Å²) in [5.74, 6) is 1.14. The average molecular weight is 498 g/mol. The van der Waals surface area contributed by atoms with E-state index in [4.69, 9.17) is 9.72 Å². The van der Waals surface area contributed by atoms with Crippen molar-refractivity contribution in [3.8, 4) is 23.5 Å². The second-order valence-electron chi connectivity index (χ2n) is 9.89. The Morgan fingerprint density at radius 1 is 1.14 bits per heavy atom. The van der Waals surface area contributed by atoms with Gasteiger partial charge in [0.05, 0.1) is 36.7 Å². The van der Waals surface area contributed by atoms with Crippen molar-refractivity contribution < 1.29 is 9.13 Å². The van der Waals surface area contributed by atoms with E-state index in [2.05, 4.69) is 38.1 Å². The molecule has 188 valence electrons. The van der Waals surface area contributed by atoms with Crippen LogP contribution in [-0.2, 0) is 6.54 Å². The van der Waals surface area contributed by atoms with E-state index < -0.39 is 5.82 Å². The van der Waals surface area contributed by atoms with E-state index in [0.29, 0.717) is 53.2 Å². The smallest absolute Gasteiger partial charge is 0.318 e. The zero-order valence-corrected chi connectivity index (χ0v) is 21.0. The third kappa shape index (κ3) is 4.31. The molecule has 0 radical (unpaired) electrons. The Bertz CT molecular complexity index is 1520. The van der Waals surface area contributed by atoms with E-state index in [9.17, 15) is 9.65 Å². The molecule has 1 atom stereocenters. The Hall–Kier alpha value is -3.90. The molecule has 37 heavy (non-hydrogen) atoms. The third-order valence-electron chi connectivity index (χ3n) is 7.62. The minimum absolute atomic E-state index is 0.271. The second kappa shape index (κ2) is 9.52. The molecule has 0 amide bonds. The Labute approximate surface area is 214 Å². The molecule has 3 fully saturated rings. The van der Waals surface area contributed by atoms with Gasteiger partial charge < -0.3 is 14.2 Å². The van der Waals surface area contributed by atoms with Crippen molar-refractivity contribution in [1.29, 1.82) is 5.26 Å². The van der Waals surface area contributed by atoms with E-state index in [1.54, 1.807) is 6.20 Å². The van der Waals surface area contributed by atoms with Crippen LogP contribution >= 0.6 is 0 Å². The van der Waals surface area contributed by atoms with Crippen LogP contribution in [0.4, 0.5) is 4.39 Å². The van der Waals surface area contributed by atoms with Crippen LogP contribution in [0.15, 0.2) is 36.7 Å². The molecule has 0 N–H and O–H groups in total. The van der Waals surface area contributed by atoms with Crippen molar-refractivity contribution in [3.63, 3.8) is 0 Å². The molecule has 4 aromatic rings. The van der Waals surface area contributed by atoms with Gasteiger partial charge in [-0.25, -0.2) is 9.37 Å². The number of ether oxygens (including phenoxy) is 1. The lowest BCUT2D eigenvalue weighted by molar-refractivity contribution is 0.0870. The van der Waals surface area contributed by atoms with Gasteiger partial charge in [-0.1, -0.05) is 12.1 Å². The first kappa shape index (κ1) is 23.5. The van der Waals surface area contributed by atoms with Gasteiger partial charge in [-0.05, 0) is 69.0 Å². The number of rotatable bonds is 6. The fourth-order valence-electron chi connectivity index (χ4n) is 5.83. The first-order valence-electron chi connectivity index (χ1n) is 12.8. The van der Waals surface area contributed by atoms with Crippen LogP contribution in [-0.4, -0.2) is 55.6 Å². The van der Waals surface area contributed by atoms with Crippen LogP contribution in [0.2, 0.25) is 0 Å². The number of nitriles is 1. The molecule has 0 saturated carbocycles. The van der Waals surface area contributed by atoms with Crippen molar-refractivity contribution in [1.82, 2.24) is 29.4 Å². The molecule has 0 unspecified atom stereocenters. The Kier molecular flexibility index (Phi) is 6.05. The SMILES string of the molecule is CCOc1nc(C)c2nc(-c3cncc(F)c3)n(Cc3ccc([C@@H]4CN5CCC4CC5)c(C#N)c3)c2n1. The van der Waals surface area contributed by atoms with Crippen molar-refractivity contribution >= 4 is 11.2 Å². The molecule has 3 aliphatic rings. The minimum atomic E-state index is -0.442. The van der Waals surface area contributed by atoms with E-state index in [0.717, 1.165) is 36.3 Å². The third-order valence-corrected chi connectivity index (χ3v) is 7.62. The number of hydrogen-bond donors (Lipinski definition) is 0. The molecule has 0 spiro atoms. The highest BCUT2D eigenvalue weighted by Gasteiger charge is 2.36. The van der Waals surface area contributed by atoms with E-state index in [1.807, 2.05) is 24.5 Å². The van der Waals surface area contributed by atoms with Crippen molar-refractivity contribution in [2.75, 3.05) is 26.2 Å². The summed E-state index contributed by atoms with van der Waals surface area (Å²) in [6.45, 7) is 7.93. The van der Waals surface area contributed by atoms with Gasteiger partial charge in [0.15, 0.2) is 5.65 Å². The number of imidazole rings is 1. The van der Waals surface area contributed by atoms with Gasteiger partial charge in [-0.3, -0.25) is 4.98 Å². The van der Waals surface area contributed by atoms with Crippen molar-refractivity contribution in [3.05, 3.63) is 64.9 Å². The lowest BCUT2D eigenvalue weighted by Crippen LogP contribution is -2.46. The van der Waals surface area contributed by atoms with E-state index >= 15 is 0 Å². The molecular formula is C28H28FN7O. The standard InChI is InChI=1S/C28H28FN7O/c1-3-37-28-32-17(2)25-27(34-28)36(26(33-25)21-11-22(29)14-31-13-21)15-18-4-5-23(20(10-18)12-30)24-16-35-8-6-19(24)7-9-35/h4-5,10-11,13-14,19,24H,3,6-9,15-16H2,1-2H3/t24-/m1/s1. The highest BCUT2D eigenvalue weighted by molar-refractivity contribution is 5.79. The number of halogens is 1. The molecule has 2 bridgehead atoms. The van der Waals surface area contributed by atoms with E-state index in [1.165, 1.54) is 25.1 Å². The first-order chi connectivity index (χ1) is 18.0. The van der Waals surface area contributed by atoms with Crippen LogP contribution in [0.1, 0.15) is 48.1 Å². The van der Waals surface area contributed by atoms with Crippen LogP contribution < -0.4 is 4.74 Å². The number of pyridine rings is 1. The molecule has 3 aliphatic heterocycles. The lowest BCUT2D eigenvalue weighted by atomic mass is 9.74. The molecule has 8 nitrogen and oxygen atoms in total. The van der Waals surface area contributed by atoms with Crippen LogP contribution in [0.3, 0.4) is 0 Å². The normalized spacial score (nSPS) is 20.8. The predicted octanol–water partition coefficient (Wildman–Crippen LogP) is 4.46. The molecule has 0 aliphatic carbocycles. The number of hydrogen-bond acceptors (Lipinski definition) is 7. The quantitative estimate of drug-likeness (QED) is 0.388. The maximum absolute atomic E-state index is 14.1. The number of aryl methyl sites for hydroxylation is 1. The maximum Gasteiger partial charge on any atom is 0.318 e. The van der Waals surface area contributed by atoms with Gasteiger partial charge in [-0.15, -0.1) is 0 Å². The molecule has 7 rings (SSSR count). The van der Waals surface area contributed by atoms with Gasteiger partial charge in [0.2, 0.25) is 0 Å². The largest absolute Gasteiger partial charge is 0.464 e. The highest BCUT2D eigenvalue weighted by atomic mass is 19.1. The Morgan fingerprint density at radius 3 is 2.68 bits per heavy atom. The zero-order chi connectivity index (χ0) is 25.5. The topological polar surface area (TPSA) is 92.8 Å². The molecule has 3 saturated heterocycles. The van der Waals surface area contributed by atoms with Gasteiger partial charge in [0.25, 0.3) is 0 Å². The molecule has 1 aromatic carbocycles. The average Bonchev–Trinajstić information content (AvgIpc) is 3.28. The highest BCUT2D eigenvalue weighted by Crippen LogP contribution is 2.40. The van der Waals surface area contributed by atoms with Gasteiger partial charge >= 0.3 is 6.01 Å². The van der Waals surface area contributed by atoms with Crippen molar-refractivity contribution in [2.45, 2.75) is 39.2 Å². The number of aromatic nitrogens is 5. The number of benzene rings is 1. The van der Waals surface area contributed by atoms with Crippen LogP contribution in [0.25, 0.3) is 22.6 Å². The summed E-state index contributed by atoms with van der Waals surface area (Å²) in [7, 11) is 0. The van der Waals surface area contributed by atoms with Crippen molar-refractivity contribution in [2.24, 2.45) is 5.92 Å².